The average Bonchev–Trinajstić information content (AvgIpc) is 3.20. The van der Waals surface area contributed by atoms with Crippen molar-refractivity contribution in [2.24, 2.45) is 7.05 Å². The van der Waals surface area contributed by atoms with Crippen molar-refractivity contribution in [1.29, 1.82) is 0 Å². The smallest absolute Gasteiger partial charge is 0.229 e. The van der Waals surface area contributed by atoms with Crippen LogP contribution in [0.4, 0.5) is 20.4 Å². The Morgan fingerprint density at radius 1 is 1.20 bits per heavy atom. The lowest BCUT2D eigenvalue weighted by atomic mass is 10.1. The molecule has 0 aliphatic carbocycles. The fourth-order valence-corrected chi connectivity index (χ4v) is 2.56. The number of anilines is 2. The predicted molar refractivity (Wildman–Crippen MR) is 87.3 cm³/mol. The number of hydrogen-bond donors (Lipinski definition) is 2. The van der Waals surface area contributed by atoms with Gasteiger partial charge in [0, 0.05) is 19.7 Å². The maximum atomic E-state index is 14.0. The van der Waals surface area contributed by atoms with Crippen LogP contribution in [-0.4, -0.2) is 29.9 Å². The second kappa shape index (κ2) is 5.93. The SMILES string of the molecule is Cn1cc(Nc2nc(Cc3cc(F)ccc3F)c3cn[nH]c3n2)cn1. The molecule has 0 saturated carbocycles. The maximum Gasteiger partial charge on any atom is 0.229 e. The number of aromatic nitrogens is 6. The molecular formula is C16H13F2N7. The summed E-state index contributed by atoms with van der Waals surface area (Å²) < 4.78 is 29.0. The second-order valence-electron chi connectivity index (χ2n) is 5.57. The van der Waals surface area contributed by atoms with Crippen molar-refractivity contribution in [2.45, 2.75) is 6.42 Å². The van der Waals surface area contributed by atoms with Crippen molar-refractivity contribution in [3.63, 3.8) is 0 Å². The molecule has 0 unspecified atom stereocenters. The fourth-order valence-electron chi connectivity index (χ4n) is 2.56. The highest BCUT2D eigenvalue weighted by Gasteiger charge is 2.13. The fraction of sp³-hybridized carbons (Fsp3) is 0.125. The summed E-state index contributed by atoms with van der Waals surface area (Å²) in [6.45, 7) is 0. The molecule has 7 nitrogen and oxygen atoms in total. The van der Waals surface area contributed by atoms with E-state index < -0.39 is 11.6 Å². The Balaban J connectivity index is 1.74. The quantitative estimate of drug-likeness (QED) is 0.596. The number of rotatable bonds is 4. The topological polar surface area (TPSA) is 84.3 Å². The van der Waals surface area contributed by atoms with Crippen LogP contribution in [0.15, 0.2) is 36.8 Å². The Hall–Kier alpha value is -3.36. The second-order valence-corrected chi connectivity index (χ2v) is 5.57. The van der Waals surface area contributed by atoms with Crippen molar-refractivity contribution < 1.29 is 8.78 Å². The number of hydrogen-bond acceptors (Lipinski definition) is 5. The molecule has 9 heteroatoms. The molecule has 0 atom stereocenters. The molecule has 0 bridgehead atoms. The van der Waals surface area contributed by atoms with Gasteiger partial charge in [0.1, 0.15) is 11.6 Å². The van der Waals surface area contributed by atoms with Gasteiger partial charge in [0.05, 0.1) is 29.2 Å². The van der Waals surface area contributed by atoms with E-state index in [0.29, 0.717) is 28.4 Å². The zero-order chi connectivity index (χ0) is 17.4. The number of benzene rings is 1. The van der Waals surface area contributed by atoms with Crippen molar-refractivity contribution in [2.75, 3.05) is 5.32 Å². The number of nitrogens with zero attached hydrogens (tertiary/aromatic N) is 5. The summed E-state index contributed by atoms with van der Waals surface area (Å²) in [5.74, 6) is -0.669. The third-order valence-electron chi connectivity index (χ3n) is 3.72. The van der Waals surface area contributed by atoms with Crippen LogP contribution >= 0.6 is 0 Å². The molecule has 126 valence electrons. The zero-order valence-electron chi connectivity index (χ0n) is 13.2. The van der Waals surface area contributed by atoms with Gasteiger partial charge in [-0.25, -0.2) is 13.8 Å². The van der Waals surface area contributed by atoms with Gasteiger partial charge in [0.25, 0.3) is 0 Å². The van der Waals surface area contributed by atoms with Gasteiger partial charge in [-0.1, -0.05) is 0 Å². The third kappa shape index (κ3) is 3.03. The number of aromatic amines is 1. The van der Waals surface area contributed by atoms with Crippen LogP contribution in [0, 0.1) is 11.6 Å². The number of halogens is 2. The summed E-state index contributed by atoms with van der Waals surface area (Å²) in [6, 6.07) is 3.35. The number of fused-ring (bicyclic) bond motifs is 1. The van der Waals surface area contributed by atoms with Crippen molar-refractivity contribution in [3.05, 3.63) is 59.7 Å². The van der Waals surface area contributed by atoms with Crippen LogP contribution in [0.25, 0.3) is 11.0 Å². The van der Waals surface area contributed by atoms with Crippen molar-refractivity contribution in [3.8, 4) is 0 Å². The van der Waals surface area contributed by atoms with Crippen molar-refractivity contribution >= 4 is 22.7 Å². The molecule has 3 heterocycles. The summed E-state index contributed by atoms with van der Waals surface area (Å²) >= 11 is 0. The van der Waals surface area contributed by atoms with Crippen LogP contribution in [0.3, 0.4) is 0 Å². The van der Waals surface area contributed by atoms with E-state index in [2.05, 4.69) is 30.6 Å². The Bertz CT molecular complexity index is 1050. The minimum Gasteiger partial charge on any atom is -0.321 e. The van der Waals surface area contributed by atoms with Gasteiger partial charge in [0.15, 0.2) is 5.65 Å². The molecule has 2 N–H and O–H groups in total. The van der Waals surface area contributed by atoms with E-state index in [0.717, 1.165) is 18.2 Å². The Morgan fingerprint density at radius 2 is 2.08 bits per heavy atom. The predicted octanol–water partition coefficient (Wildman–Crippen LogP) is 2.70. The highest BCUT2D eigenvalue weighted by atomic mass is 19.1. The molecule has 4 rings (SSSR count). The molecule has 0 saturated heterocycles. The monoisotopic (exact) mass is 341 g/mol. The molecule has 0 radical (unpaired) electrons. The zero-order valence-corrected chi connectivity index (χ0v) is 13.2. The van der Waals surface area contributed by atoms with Crippen LogP contribution in [0.2, 0.25) is 0 Å². The van der Waals surface area contributed by atoms with Gasteiger partial charge < -0.3 is 5.32 Å². The van der Waals surface area contributed by atoms with Crippen LogP contribution in [-0.2, 0) is 13.5 Å². The first-order valence-corrected chi connectivity index (χ1v) is 7.48. The van der Waals surface area contributed by atoms with E-state index in [1.54, 1.807) is 30.3 Å². The largest absolute Gasteiger partial charge is 0.321 e. The standard InChI is InChI=1S/C16H13F2N7/c1-25-8-11(6-20-25)21-16-22-14(12-7-19-24-15(12)23-16)5-9-4-10(17)2-3-13(9)18/h2-4,6-8H,5H2,1H3,(H2,19,21,22,23,24). The normalized spacial score (nSPS) is 11.2. The molecule has 0 aliphatic rings. The van der Waals surface area contributed by atoms with Gasteiger partial charge in [-0.2, -0.15) is 15.2 Å². The molecule has 1 aromatic carbocycles. The summed E-state index contributed by atoms with van der Waals surface area (Å²) in [4.78, 5) is 8.77. The van der Waals surface area contributed by atoms with E-state index in [-0.39, 0.29) is 12.0 Å². The maximum absolute atomic E-state index is 14.0. The molecular weight excluding hydrogens is 328 g/mol. The first-order chi connectivity index (χ1) is 12.1. The summed E-state index contributed by atoms with van der Waals surface area (Å²) in [5.41, 5.74) is 1.97. The molecule has 0 aliphatic heterocycles. The number of nitrogens with one attached hydrogen (secondary N) is 2. The summed E-state index contributed by atoms with van der Waals surface area (Å²) in [7, 11) is 1.79. The van der Waals surface area contributed by atoms with E-state index in [1.165, 1.54) is 0 Å². The molecule has 0 fully saturated rings. The van der Waals surface area contributed by atoms with E-state index in [4.69, 9.17) is 0 Å². The lowest BCUT2D eigenvalue weighted by Crippen LogP contribution is -2.03. The average molecular weight is 341 g/mol. The molecule has 25 heavy (non-hydrogen) atoms. The Morgan fingerprint density at radius 3 is 2.88 bits per heavy atom. The van der Waals surface area contributed by atoms with Gasteiger partial charge in [-0.3, -0.25) is 9.78 Å². The minimum atomic E-state index is -0.498. The van der Waals surface area contributed by atoms with E-state index >= 15 is 0 Å². The van der Waals surface area contributed by atoms with Crippen LogP contribution in [0.1, 0.15) is 11.3 Å². The van der Waals surface area contributed by atoms with Crippen LogP contribution in [0.5, 0.6) is 0 Å². The lowest BCUT2D eigenvalue weighted by Gasteiger charge is -2.07. The molecule has 0 spiro atoms. The first-order valence-electron chi connectivity index (χ1n) is 7.48. The minimum absolute atomic E-state index is 0.115. The summed E-state index contributed by atoms with van der Waals surface area (Å²) in [6.07, 6.45) is 5.08. The van der Waals surface area contributed by atoms with E-state index in [1.807, 2.05) is 0 Å². The molecule has 3 aromatic heterocycles. The van der Waals surface area contributed by atoms with Gasteiger partial charge in [0.2, 0.25) is 5.95 Å². The van der Waals surface area contributed by atoms with E-state index in [9.17, 15) is 8.78 Å². The van der Waals surface area contributed by atoms with Crippen molar-refractivity contribution in [1.82, 2.24) is 29.9 Å². The highest BCUT2D eigenvalue weighted by molar-refractivity contribution is 5.78. The van der Waals surface area contributed by atoms with Gasteiger partial charge in [-0.15, -0.1) is 0 Å². The van der Waals surface area contributed by atoms with Gasteiger partial charge in [-0.05, 0) is 23.8 Å². The molecule has 4 aromatic rings. The Labute approximate surface area is 140 Å². The van der Waals surface area contributed by atoms with Gasteiger partial charge >= 0.3 is 0 Å². The lowest BCUT2D eigenvalue weighted by molar-refractivity contribution is 0.588. The summed E-state index contributed by atoms with van der Waals surface area (Å²) in [5, 5.41) is 14.5. The van der Waals surface area contributed by atoms with Crippen LogP contribution < -0.4 is 5.32 Å². The molecule has 0 amide bonds. The highest BCUT2D eigenvalue weighted by Crippen LogP contribution is 2.22. The first kappa shape index (κ1) is 15.2. The number of aryl methyl sites for hydroxylation is 1. The Kier molecular flexibility index (Phi) is 3.60. The number of H-pyrrole nitrogens is 1. The third-order valence-corrected chi connectivity index (χ3v) is 3.72.